The molecule has 2 aromatic carbocycles. The molecule has 0 aromatic heterocycles. The monoisotopic (exact) mass is 384 g/mol. The molecule has 0 spiro atoms. The van der Waals surface area contributed by atoms with Crippen LogP contribution in [0.1, 0.15) is 15.9 Å². The lowest BCUT2D eigenvalue weighted by molar-refractivity contribution is 0.0403. The van der Waals surface area contributed by atoms with Crippen molar-refractivity contribution in [3.8, 4) is 11.5 Å². The molecule has 0 bridgehead atoms. The van der Waals surface area contributed by atoms with Gasteiger partial charge in [0.15, 0.2) is 0 Å². The summed E-state index contributed by atoms with van der Waals surface area (Å²) in [7, 11) is 1.61. The van der Waals surface area contributed by atoms with Crippen LogP contribution >= 0.6 is 0 Å². The lowest BCUT2D eigenvalue weighted by Gasteiger charge is -2.35. The Morgan fingerprint density at radius 3 is 2.43 bits per heavy atom. The number of aliphatic hydroxyl groups excluding tert-OH is 1. The van der Waals surface area contributed by atoms with Crippen molar-refractivity contribution in [2.75, 3.05) is 46.4 Å². The van der Waals surface area contributed by atoms with Crippen molar-refractivity contribution < 1.29 is 19.4 Å². The van der Waals surface area contributed by atoms with E-state index in [4.69, 9.17) is 9.47 Å². The third kappa shape index (κ3) is 5.47. The molecule has 1 N–H and O–H groups in total. The first-order valence-corrected chi connectivity index (χ1v) is 9.58. The Balaban J connectivity index is 1.42. The molecule has 1 aliphatic rings. The molecular formula is C22H28N2O4. The van der Waals surface area contributed by atoms with Crippen LogP contribution in [0.4, 0.5) is 0 Å². The van der Waals surface area contributed by atoms with E-state index in [0.717, 1.165) is 30.2 Å². The fourth-order valence-electron chi connectivity index (χ4n) is 3.30. The molecule has 0 saturated carbocycles. The molecule has 1 aliphatic heterocycles. The Kier molecular flexibility index (Phi) is 6.90. The van der Waals surface area contributed by atoms with Gasteiger partial charge >= 0.3 is 0 Å². The number of carbonyl (C=O) groups excluding carboxylic acids is 1. The van der Waals surface area contributed by atoms with E-state index in [1.165, 1.54) is 0 Å². The second-order valence-electron chi connectivity index (χ2n) is 7.10. The Morgan fingerprint density at radius 2 is 1.79 bits per heavy atom. The van der Waals surface area contributed by atoms with Crippen molar-refractivity contribution in [2.24, 2.45) is 0 Å². The second kappa shape index (κ2) is 9.57. The number of methoxy groups -OCH3 is 1. The molecule has 1 amide bonds. The number of hydrogen-bond donors (Lipinski definition) is 1. The van der Waals surface area contributed by atoms with Gasteiger partial charge in [0.05, 0.1) is 7.11 Å². The first-order chi connectivity index (χ1) is 13.5. The highest BCUT2D eigenvalue weighted by molar-refractivity contribution is 5.94. The first kappa shape index (κ1) is 20.2. The SMILES string of the molecule is COc1ccc(C(=O)N2CCN(CC(O)COc3cccc(C)c3)CC2)cc1. The lowest BCUT2D eigenvalue weighted by Crippen LogP contribution is -2.50. The number of ether oxygens (including phenoxy) is 2. The number of aryl methyl sites for hydroxylation is 1. The van der Waals surface area contributed by atoms with Gasteiger partial charge in [-0.15, -0.1) is 0 Å². The van der Waals surface area contributed by atoms with Gasteiger partial charge in [0, 0.05) is 38.3 Å². The Labute approximate surface area is 166 Å². The van der Waals surface area contributed by atoms with Gasteiger partial charge in [-0.25, -0.2) is 0 Å². The van der Waals surface area contributed by atoms with Crippen LogP contribution in [0.3, 0.4) is 0 Å². The van der Waals surface area contributed by atoms with Crippen LogP contribution in [-0.4, -0.2) is 73.4 Å². The molecule has 0 aliphatic carbocycles. The van der Waals surface area contributed by atoms with E-state index in [9.17, 15) is 9.90 Å². The van der Waals surface area contributed by atoms with E-state index in [-0.39, 0.29) is 12.5 Å². The summed E-state index contributed by atoms with van der Waals surface area (Å²) in [6.45, 7) is 5.58. The van der Waals surface area contributed by atoms with E-state index >= 15 is 0 Å². The average molecular weight is 384 g/mol. The molecule has 0 radical (unpaired) electrons. The maximum absolute atomic E-state index is 12.6. The number of piperazine rings is 1. The fourth-order valence-corrected chi connectivity index (χ4v) is 3.30. The third-order valence-corrected chi connectivity index (χ3v) is 4.90. The largest absolute Gasteiger partial charge is 0.497 e. The number of amides is 1. The first-order valence-electron chi connectivity index (χ1n) is 9.58. The molecule has 1 atom stereocenters. The highest BCUT2D eigenvalue weighted by Crippen LogP contribution is 2.15. The van der Waals surface area contributed by atoms with Crippen LogP contribution in [0.25, 0.3) is 0 Å². The fraction of sp³-hybridized carbons (Fsp3) is 0.409. The standard InChI is InChI=1S/C22H28N2O4/c1-17-4-3-5-21(14-17)28-16-19(25)15-23-10-12-24(13-11-23)22(26)18-6-8-20(27-2)9-7-18/h3-9,14,19,25H,10-13,15-16H2,1-2H3. The number of hydrogen-bond acceptors (Lipinski definition) is 5. The van der Waals surface area contributed by atoms with E-state index < -0.39 is 6.10 Å². The topological polar surface area (TPSA) is 62.2 Å². The molecule has 1 heterocycles. The predicted octanol–water partition coefficient (Wildman–Crippen LogP) is 2.20. The van der Waals surface area contributed by atoms with Crippen LogP contribution < -0.4 is 9.47 Å². The zero-order valence-electron chi connectivity index (χ0n) is 16.5. The molecular weight excluding hydrogens is 356 g/mol. The highest BCUT2D eigenvalue weighted by atomic mass is 16.5. The van der Waals surface area contributed by atoms with Crippen molar-refractivity contribution in [1.29, 1.82) is 0 Å². The number of benzene rings is 2. The summed E-state index contributed by atoms with van der Waals surface area (Å²) >= 11 is 0. The van der Waals surface area contributed by atoms with Crippen molar-refractivity contribution >= 4 is 5.91 Å². The number of nitrogens with zero attached hydrogens (tertiary/aromatic N) is 2. The number of carbonyl (C=O) groups is 1. The van der Waals surface area contributed by atoms with Gasteiger partial charge in [0.1, 0.15) is 24.2 Å². The molecule has 1 fully saturated rings. The minimum atomic E-state index is -0.565. The number of rotatable bonds is 7. The van der Waals surface area contributed by atoms with Crippen molar-refractivity contribution in [3.63, 3.8) is 0 Å². The third-order valence-electron chi connectivity index (χ3n) is 4.90. The maximum Gasteiger partial charge on any atom is 0.253 e. The molecule has 28 heavy (non-hydrogen) atoms. The number of aliphatic hydroxyl groups is 1. The highest BCUT2D eigenvalue weighted by Gasteiger charge is 2.23. The zero-order chi connectivity index (χ0) is 19.9. The normalized spacial score (nSPS) is 15.9. The quantitative estimate of drug-likeness (QED) is 0.793. The van der Waals surface area contributed by atoms with Crippen LogP contribution in [0.5, 0.6) is 11.5 Å². The molecule has 6 heteroatoms. The van der Waals surface area contributed by atoms with Crippen LogP contribution in [0, 0.1) is 6.92 Å². The van der Waals surface area contributed by atoms with Gasteiger partial charge in [0.2, 0.25) is 0 Å². The van der Waals surface area contributed by atoms with Crippen molar-refractivity contribution in [3.05, 3.63) is 59.7 Å². The molecule has 3 rings (SSSR count). The smallest absolute Gasteiger partial charge is 0.253 e. The Bertz CT molecular complexity index is 770. The van der Waals surface area contributed by atoms with Crippen molar-refractivity contribution in [1.82, 2.24) is 9.80 Å². The van der Waals surface area contributed by atoms with Crippen LogP contribution in [0.2, 0.25) is 0 Å². The predicted molar refractivity (Wildman–Crippen MR) is 108 cm³/mol. The zero-order valence-corrected chi connectivity index (χ0v) is 16.5. The summed E-state index contributed by atoms with van der Waals surface area (Å²) in [5.74, 6) is 1.54. The minimum Gasteiger partial charge on any atom is -0.497 e. The van der Waals surface area contributed by atoms with E-state index in [1.54, 1.807) is 31.4 Å². The van der Waals surface area contributed by atoms with Gasteiger partial charge in [-0.1, -0.05) is 12.1 Å². The summed E-state index contributed by atoms with van der Waals surface area (Å²) in [6.07, 6.45) is -0.565. The average Bonchev–Trinajstić information content (AvgIpc) is 2.72. The molecule has 6 nitrogen and oxygen atoms in total. The van der Waals surface area contributed by atoms with Crippen molar-refractivity contribution in [2.45, 2.75) is 13.0 Å². The van der Waals surface area contributed by atoms with E-state index in [0.29, 0.717) is 25.2 Å². The molecule has 1 saturated heterocycles. The Hall–Kier alpha value is -2.57. The molecule has 150 valence electrons. The lowest BCUT2D eigenvalue weighted by atomic mass is 10.1. The minimum absolute atomic E-state index is 0.0330. The van der Waals surface area contributed by atoms with Gasteiger partial charge in [0.25, 0.3) is 5.91 Å². The van der Waals surface area contributed by atoms with Gasteiger partial charge in [-0.3, -0.25) is 9.69 Å². The van der Waals surface area contributed by atoms with E-state index in [1.807, 2.05) is 36.1 Å². The summed E-state index contributed by atoms with van der Waals surface area (Å²) < 4.78 is 10.8. The van der Waals surface area contributed by atoms with Crippen LogP contribution in [-0.2, 0) is 0 Å². The Morgan fingerprint density at radius 1 is 1.07 bits per heavy atom. The summed E-state index contributed by atoms with van der Waals surface area (Å²) in [5, 5.41) is 10.3. The van der Waals surface area contributed by atoms with Crippen LogP contribution in [0.15, 0.2) is 48.5 Å². The summed E-state index contributed by atoms with van der Waals surface area (Å²) in [6, 6.07) is 15.0. The van der Waals surface area contributed by atoms with Gasteiger partial charge in [-0.2, -0.15) is 0 Å². The van der Waals surface area contributed by atoms with Gasteiger partial charge < -0.3 is 19.5 Å². The molecule has 2 aromatic rings. The van der Waals surface area contributed by atoms with Gasteiger partial charge in [-0.05, 0) is 48.9 Å². The second-order valence-corrected chi connectivity index (χ2v) is 7.10. The van der Waals surface area contributed by atoms with E-state index in [2.05, 4.69) is 4.90 Å². The summed E-state index contributed by atoms with van der Waals surface area (Å²) in [4.78, 5) is 16.6. The number of β-amino-alcohol motifs (C(OH)–C–C–N with tert-alkyl or cyclic N) is 1. The maximum atomic E-state index is 12.6. The molecule has 1 unspecified atom stereocenters. The summed E-state index contributed by atoms with van der Waals surface area (Å²) in [5.41, 5.74) is 1.80.